The van der Waals surface area contributed by atoms with E-state index in [1.54, 1.807) is 6.92 Å². The van der Waals surface area contributed by atoms with E-state index in [-0.39, 0.29) is 35.7 Å². The molecule has 21 heavy (non-hydrogen) atoms. The first-order chi connectivity index (χ1) is 10.0. The van der Waals surface area contributed by atoms with Crippen LogP contribution in [0.3, 0.4) is 0 Å². The minimum atomic E-state index is -0.565. The van der Waals surface area contributed by atoms with Crippen molar-refractivity contribution in [3.05, 3.63) is 28.1 Å². The van der Waals surface area contributed by atoms with E-state index < -0.39 is 4.92 Å². The molecular formula is C13H17N3O5. The van der Waals surface area contributed by atoms with Crippen molar-refractivity contribution in [1.29, 1.82) is 0 Å². The van der Waals surface area contributed by atoms with Gasteiger partial charge in [-0.2, -0.15) is 0 Å². The molecule has 1 amide bonds. The quantitative estimate of drug-likeness (QED) is 0.512. The number of aromatic nitrogens is 1. The van der Waals surface area contributed by atoms with Crippen molar-refractivity contribution in [1.82, 2.24) is 9.88 Å². The predicted molar refractivity (Wildman–Crippen MR) is 72.7 cm³/mol. The average Bonchev–Trinajstić information content (AvgIpc) is 2.97. The summed E-state index contributed by atoms with van der Waals surface area (Å²) >= 11 is 0. The molecule has 1 saturated heterocycles. The lowest BCUT2D eigenvalue weighted by molar-refractivity contribution is -0.384. The molecule has 2 heterocycles. The zero-order chi connectivity index (χ0) is 15.4. The summed E-state index contributed by atoms with van der Waals surface area (Å²) in [7, 11) is 0. The van der Waals surface area contributed by atoms with Gasteiger partial charge in [0.05, 0.1) is 23.6 Å². The van der Waals surface area contributed by atoms with E-state index in [2.05, 4.69) is 4.98 Å². The largest absolute Gasteiger partial charge is 0.466 e. The van der Waals surface area contributed by atoms with Gasteiger partial charge in [-0.15, -0.1) is 0 Å². The maximum Gasteiger partial charge on any atom is 0.310 e. The Hall–Kier alpha value is -2.38. The SMILES string of the molecule is CCOC(=O)[C@@H]1CCCN(C(=O)c2cc([N+](=O)[O-])c[nH]2)C1. The Morgan fingerprint density at radius 1 is 1.57 bits per heavy atom. The van der Waals surface area contributed by atoms with Crippen LogP contribution in [0.15, 0.2) is 12.3 Å². The van der Waals surface area contributed by atoms with Gasteiger partial charge in [0.25, 0.3) is 11.6 Å². The van der Waals surface area contributed by atoms with Gasteiger partial charge in [-0.3, -0.25) is 19.7 Å². The monoisotopic (exact) mass is 295 g/mol. The van der Waals surface area contributed by atoms with E-state index in [9.17, 15) is 19.7 Å². The third-order valence-corrected chi connectivity index (χ3v) is 3.44. The highest BCUT2D eigenvalue weighted by atomic mass is 16.6. The second-order valence-corrected chi connectivity index (χ2v) is 4.87. The molecule has 0 saturated carbocycles. The molecule has 8 nitrogen and oxygen atoms in total. The Morgan fingerprint density at radius 2 is 2.33 bits per heavy atom. The van der Waals surface area contributed by atoms with Crippen LogP contribution < -0.4 is 0 Å². The van der Waals surface area contributed by atoms with Gasteiger partial charge in [0.2, 0.25) is 0 Å². The van der Waals surface area contributed by atoms with Crippen molar-refractivity contribution in [2.45, 2.75) is 19.8 Å². The molecule has 1 fully saturated rings. The molecule has 0 unspecified atom stereocenters. The highest BCUT2D eigenvalue weighted by Gasteiger charge is 2.30. The number of aromatic amines is 1. The second-order valence-electron chi connectivity index (χ2n) is 4.87. The van der Waals surface area contributed by atoms with E-state index in [4.69, 9.17) is 4.74 Å². The van der Waals surface area contributed by atoms with Crippen LogP contribution in [0, 0.1) is 16.0 Å². The zero-order valence-corrected chi connectivity index (χ0v) is 11.7. The molecule has 0 bridgehead atoms. The van der Waals surface area contributed by atoms with E-state index in [1.165, 1.54) is 17.2 Å². The first kappa shape index (κ1) is 15.0. The number of nitrogens with zero attached hydrogens (tertiary/aromatic N) is 2. The number of amides is 1. The lowest BCUT2D eigenvalue weighted by atomic mass is 9.98. The van der Waals surface area contributed by atoms with Crippen molar-refractivity contribution in [2.24, 2.45) is 5.92 Å². The van der Waals surface area contributed by atoms with Gasteiger partial charge in [-0.25, -0.2) is 0 Å². The fourth-order valence-corrected chi connectivity index (χ4v) is 2.40. The Labute approximate surface area is 121 Å². The summed E-state index contributed by atoms with van der Waals surface area (Å²) in [6.45, 7) is 2.86. The van der Waals surface area contributed by atoms with Gasteiger partial charge in [0.15, 0.2) is 0 Å². The van der Waals surface area contributed by atoms with E-state index in [1.807, 2.05) is 0 Å². The molecule has 8 heteroatoms. The number of hydrogen-bond donors (Lipinski definition) is 1. The number of rotatable bonds is 4. The van der Waals surface area contributed by atoms with Crippen LogP contribution in [0.5, 0.6) is 0 Å². The average molecular weight is 295 g/mol. The molecule has 0 radical (unpaired) electrons. The van der Waals surface area contributed by atoms with E-state index >= 15 is 0 Å². The van der Waals surface area contributed by atoms with Crippen molar-refractivity contribution in [3.8, 4) is 0 Å². The van der Waals surface area contributed by atoms with Crippen LogP contribution in [0.25, 0.3) is 0 Å². The number of carbonyl (C=O) groups excluding carboxylic acids is 2. The van der Waals surface area contributed by atoms with Gasteiger partial charge in [0, 0.05) is 19.2 Å². The first-order valence-electron chi connectivity index (χ1n) is 6.81. The third kappa shape index (κ3) is 3.39. The number of nitrogens with one attached hydrogen (secondary N) is 1. The number of hydrogen-bond acceptors (Lipinski definition) is 5. The van der Waals surface area contributed by atoms with E-state index in [0.29, 0.717) is 26.0 Å². The number of H-pyrrole nitrogens is 1. The number of ether oxygens (including phenoxy) is 1. The molecule has 114 valence electrons. The minimum Gasteiger partial charge on any atom is -0.466 e. The normalized spacial score (nSPS) is 18.3. The van der Waals surface area contributed by atoms with Gasteiger partial charge in [0.1, 0.15) is 5.69 Å². The predicted octanol–water partition coefficient (Wildman–Crippen LogP) is 1.34. The standard InChI is InChI=1S/C13H17N3O5/c1-2-21-13(18)9-4-3-5-15(8-9)12(17)11-6-10(7-14-11)16(19)20/h6-7,9,14H,2-5,8H2,1H3/t9-/m1/s1. The van der Waals surface area contributed by atoms with Crippen LogP contribution in [0.4, 0.5) is 5.69 Å². The van der Waals surface area contributed by atoms with Gasteiger partial charge >= 0.3 is 5.97 Å². The van der Waals surface area contributed by atoms with Crippen molar-refractivity contribution >= 4 is 17.6 Å². The Balaban J connectivity index is 2.04. The van der Waals surface area contributed by atoms with Crippen molar-refractivity contribution in [3.63, 3.8) is 0 Å². The molecule has 0 aromatic carbocycles. The Morgan fingerprint density at radius 3 is 2.95 bits per heavy atom. The van der Waals surface area contributed by atoms with Crippen LogP contribution in [0.2, 0.25) is 0 Å². The number of esters is 1. The molecule has 1 atom stereocenters. The molecule has 0 aliphatic carbocycles. The van der Waals surface area contributed by atoms with Gasteiger partial charge in [-0.05, 0) is 19.8 Å². The van der Waals surface area contributed by atoms with Crippen molar-refractivity contribution in [2.75, 3.05) is 19.7 Å². The fraction of sp³-hybridized carbons (Fsp3) is 0.538. The molecule has 1 N–H and O–H groups in total. The van der Waals surface area contributed by atoms with Crippen molar-refractivity contribution < 1.29 is 19.2 Å². The van der Waals surface area contributed by atoms with Crippen LogP contribution in [-0.4, -0.2) is 46.4 Å². The highest BCUT2D eigenvalue weighted by molar-refractivity contribution is 5.93. The molecule has 1 aliphatic rings. The topological polar surface area (TPSA) is 106 Å². The van der Waals surface area contributed by atoms with Gasteiger partial charge < -0.3 is 14.6 Å². The minimum absolute atomic E-state index is 0.155. The Bertz CT molecular complexity index is 554. The summed E-state index contributed by atoms with van der Waals surface area (Å²) in [6, 6.07) is 1.20. The Kier molecular flexibility index (Phi) is 4.56. The third-order valence-electron chi connectivity index (χ3n) is 3.44. The fourth-order valence-electron chi connectivity index (χ4n) is 2.40. The summed E-state index contributed by atoms with van der Waals surface area (Å²) < 4.78 is 4.98. The molecule has 0 spiro atoms. The van der Waals surface area contributed by atoms with E-state index in [0.717, 1.165) is 0 Å². The summed E-state index contributed by atoms with van der Waals surface area (Å²) in [5, 5.41) is 10.6. The number of carbonyl (C=O) groups is 2. The second kappa shape index (κ2) is 6.38. The zero-order valence-electron chi connectivity index (χ0n) is 11.7. The summed E-state index contributed by atoms with van der Waals surface area (Å²) in [4.78, 5) is 38.2. The number of piperidine rings is 1. The molecular weight excluding hydrogens is 278 g/mol. The smallest absolute Gasteiger partial charge is 0.310 e. The summed E-state index contributed by atoms with van der Waals surface area (Å²) in [5.41, 5.74) is 0.00325. The van der Waals surface area contributed by atoms with Crippen LogP contribution in [-0.2, 0) is 9.53 Å². The highest BCUT2D eigenvalue weighted by Crippen LogP contribution is 2.21. The summed E-state index contributed by atoms with van der Waals surface area (Å²) in [6.07, 6.45) is 2.57. The molecule has 1 aromatic rings. The molecule has 2 rings (SSSR count). The lowest BCUT2D eigenvalue weighted by Crippen LogP contribution is -2.42. The lowest BCUT2D eigenvalue weighted by Gasteiger charge is -2.31. The number of nitro groups is 1. The van der Waals surface area contributed by atoms with Crippen LogP contribution in [0.1, 0.15) is 30.3 Å². The molecule has 1 aromatic heterocycles. The maximum absolute atomic E-state index is 12.3. The first-order valence-corrected chi connectivity index (χ1v) is 6.81. The van der Waals surface area contributed by atoms with Gasteiger partial charge in [-0.1, -0.05) is 0 Å². The number of likely N-dealkylation sites (tertiary alicyclic amines) is 1. The molecule has 1 aliphatic heterocycles. The maximum atomic E-state index is 12.3. The van der Waals surface area contributed by atoms with Crippen LogP contribution >= 0.6 is 0 Å². The summed E-state index contributed by atoms with van der Waals surface area (Å²) in [5.74, 6) is -0.961.